The molecule has 0 unspecified atom stereocenters. The molecular weight excluding hydrogens is 321 g/mol. The van der Waals surface area contributed by atoms with E-state index in [4.69, 9.17) is 27.9 Å². The second-order valence-corrected chi connectivity index (χ2v) is 6.09. The van der Waals surface area contributed by atoms with Crippen molar-refractivity contribution in [3.8, 4) is 5.75 Å². The molecule has 0 spiro atoms. The van der Waals surface area contributed by atoms with Crippen LogP contribution in [0.4, 0.5) is 5.69 Å². The van der Waals surface area contributed by atoms with Crippen molar-refractivity contribution in [2.24, 2.45) is 5.92 Å². The monoisotopic (exact) mass is 337 g/mol. The molecule has 2 aromatic rings. The first kappa shape index (κ1) is 16.7. The number of para-hydroxylation sites is 1. The topological polar surface area (TPSA) is 38.3 Å². The third kappa shape index (κ3) is 4.39. The molecule has 0 saturated heterocycles. The van der Waals surface area contributed by atoms with Crippen LogP contribution in [0, 0.1) is 5.92 Å². The second kappa shape index (κ2) is 7.52. The highest BCUT2D eigenvalue weighted by Crippen LogP contribution is 2.30. The van der Waals surface area contributed by atoms with Crippen molar-refractivity contribution in [1.82, 2.24) is 0 Å². The summed E-state index contributed by atoms with van der Waals surface area (Å²) in [6.45, 7) is 4.80. The fourth-order valence-electron chi connectivity index (χ4n) is 1.77. The van der Waals surface area contributed by atoms with Crippen molar-refractivity contribution in [3.05, 3.63) is 58.1 Å². The van der Waals surface area contributed by atoms with Gasteiger partial charge in [-0.25, -0.2) is 0 Å². The SMILES string of the molecule is CC(C)COc1ccc(C(=O)Nc2c(Cl)cccc2Cl)cc1. The molecule has 0 fully saturated rings. The summed E-state index contributed by atoms with van der Waals surface area (Å²) in [6.07, 6.45) is 0. The minimum Gasteiger partial charge on any atom is -0.493 e. The number of rotatable bonds is 5. The summed E-state index contributed by atoms with van der Waals surface area (Å²) in [7, 11) is 0. The van der Waals surface area contributed by atoms with Crippen LogP contribution in [0.5, 0.6) is 5.75 Å². The van der Waals surface area contributed by atoms with Gasteiger partial charge in [0.15, 0.2) is 0 Å². The Balaban J connectivity index is 2.07. The third-order valence-electron chi connectivity index (χ3n) is 2.90. The summed E-state index contributed by atoms with van der Waals surface area (Å²) in [5.41, 5.74) is 0.920. The first-order valence-corrected chi connectivity index (χ1v) is 7.71. The van der Waals surface area contributed by atoms with Gasteiger partial charge in [0.25, 0.3) is 5.91 Å². The van der Waals surface area contributed by atoms with E-state index in [2.05, 4.69) is 19.2 Å². The predicted octanol–water partition coefficient (Wildman–Crippen LogP) is 5.28. The first-order chi connectivity index (χ1) is 10.5. The van der Waals surface area contributed by atoms with Crippen LogP contribution < -0.4 is 10.1 Å². The van der Waals surface area contributed by atoms with E-state index in [1.54, 1.807) is 42.5 Å². The molecule has 0 aliphatic heterocycles. The van der Waals surface area contributed by atoms with Gasteiger partial charge in [0.1, 0.15) is 5.75 Å². The Bertz CT molecular complexity index is 634. The highest BCUT2D eigenvalue weighted by molar-refractivity contribution is 6.40. The molecule has 1 amide bonds. The molecule has 1 N–H and O–H groups in total. The third-order valence-corrected chi connectivity index (χ3v) is 3.53. The van der Waals surface area contributed by atoms with Crippen molar-refractivity contribution in [3.63, 3.8) is 0 Å². The fraction of sp³-hybridized carbons (Fsp3) is 0.235. The van der Waals surface area contributed by atoms with Crippen LogP contribution in [0.2, 0.25) is 10.0 Å². The molecule has 0 aromatic heterocycles. The molecule has 5 heteroatoms. The van der Waals surface area contributed by atoms with Crippen molar-refractivity contribution in [1.29, 1.82) is 0 Å². The summed E-state index contributed by atoms with van der Waals surface area (Å²) in [4.78, 5) is 12.2. The lowest BCUT2D eigenvalue weighted by Gasteiger charge is -2.11. The molecule has 0 atom stereocenters. The van der Waals surface area contributed by atoms with E-state index in [9.17, 15) is 4.79 Å². The Hall–Kier alpha value is -1.71. The highest BCUT2D eigenvalue weighted by Gasteiger charge is 2.11. The zero-order valence-corrected chi connectivity index (χ0v) is 13.9. The highest BCUT2D eigenvalue weighted by atomic mass is 35.5. The summed E-state index contributed by atoms with van der Waals surface area (Å²) >= 11 is 12.1. The zero-order valence-electron chi connectivity index (χ0n) is 12.4. The van der Waals surface area contributed by atoms with E-state index in [1.807, 2.05) is 0 Å². The Morgan fingerprint density at radius 1 is 1.09 bits per heavy atom. The smallest absolute Gasteiger partial charge is 0.255 e. The maximum atomic E-state index is 12.2. The number of benzene rings is 2. The first-order valence-electron chi connectivity index (χ1n) is 6.95. The van der Waals surface area contributed by atoms with Gasteiger partial charge < -0.3 is 10.1 Å². The standard InChI is InChI=1S/C17H17Cl2NO2/c1-11(2)10-22-13-8-6-12(7-9-13)17(21)20-16-14(18)4-3-5-15(16)19/h3-9,11H,10H2,1-2H3,(H,20,21). The Kier molecular flexibility index (Phi) is 5.69. The molecule has 3 nitrogen and oxygen atoms in total. The van der Waals surface area contributed by atoms with Gasteiger partial charge >= 0.3 is 0 Å². The number of nitrogens with one attached hydrogen (secondary N) is 1. The molecule has 0 saturated carbocycles. The molecule has 2 rings (SSSR count). The number of ether oxygens (including phenoxy) is 1. The fourth-order valence-corrected chi connectivity index (χ4v) is 2.26. The van der Waals surface area contributed by atoms with E-state index in [0.29, 0.717) is 33.8 Å². The molecule has 0 heterocycles. The lowest BCUT2D eigenvalue weighted by molar-refractivity contribution is 0.102. The number of carbonyl (C=O) groups is 1. The Labute approximate surface area is 140 Å². The molecule has 0 bridgehead atoms. The maximum absolute atomic E-state index is 12.2. The number of carbonyl (C=O) groups excluding carboxylic acids is 1. The van der Waals surface area contributed by atoms with Crippen LogP contribution >= 0.6 is 23.2 Å². The molecule has 116 valence electrons. The maximum Gasteiger partial charge on any atom is 0.255 e. The zero-order chi connectivity index (χ0) is 16.1. The average molecular weight is 338 g/mol. The van der Waals surface area contributed by atoms with E-state index in [0.717, 1.165) is 5.75 Å². The molecule has 0 radical (unpaired) electrons. The quantitative estimate of drug-likeness (QED) is 0.805. The molecule has 0 aliphatic rings. The molecule has 2 aromatic carbocycles. The number of hydrogen-bond acceptors (Lipinski definition) is 2. The van der Waals surface area contributed by atoms with Gasteiger partial charge in [-0.1, -0.05) is 43.1 Å². The van der Waals surface area contributed by atoms with Gasteiger partial charge in [-0.05, 0) is 42.3 Å². The van der Waals surface area contributed by atoms with Crippen LogP contribution in [0.15, 0.2) is 42.5 Å². The van der Waals surface area contributed by atoms with Crippen LogP contribution in [-0.2, 0) is 0 Å². The van der Waals surface area contributed by atoms with Crippen molar-refractivity contribution in [2.45, 2.75) is 13.8 Å². The van der Waals surface area contributed by atoms with Gasteiger partial charge in [-0.2, -0.15) is 0 Å². The van der Waals surface area contributed by atoms with Crippen molar-refractivity contribution in [2.75, 3.05) is 11.9 Å². The minimum absolute atomic E-state index is 0.273. The average Bonchev–Trinajstić information content (AvgIpc) is 2.49. The van der Waals surface area contributed by atoms with Gasteiger partial charge in [-0.15, -0.1) is 0 Å². The van der Waals surface area contributed by atoms with Crippen LogP contribution in [0.25, 0.3) is 0 Å². The largest absolute Gasteiger partial charge is 0.493 e. The van der Waals surface area contributed by atoms with E-state index >= 15 is 0 Å². The Morgan fingerprint density at radius 3 is 2.23 bits per heavy atom. The summed E-state index contributed by atoms with van der Waals surface area (Å²) in [6, 6.07) is 12.0. The number of hydrogen-bond donors (Lipinski definition) is 1. The minimum atomic E-state index is -0.273. The van der Waals surface area contributed by atoms with Crippen molar-refractivity contribution >= 4 is 34.8 Å². The molecule has 0 aliphatic carbocycles. The van der Waals surface area contributed by atoms with Crippen LogP contribution in [-0.4, -0.2) is 12.5 Å². The summed E-state index contributed by atoms with van der Waals surface area (Å²) in [5, 5.41) is 3.52. The lowest BCUT2D eigenvalue weighted by atomic mass is 10.2. The predicted molar refractivity (Wildman–Crippen MR) is 91.2 cm³/mol. The normalized spacial score (nSPS) is 10.6. The number of halogens is 2. The lowest BCUT2D eigenvalue weighted by Crippen LogP contribution is -2.12. The second-order valence-electron chi connectivity index (χ2n) is 5.28. The van der Waals surface area contributed by atoms with E-state index in [1.165, 1.54) is 0 Å². The van der Waals surface area contributed by atoms with Gasteiger partial charge in [-0.3, -0.25) is 4.79 Å². The summed E-state index contributed by atoms with van der Waals surface area (Å²) in [5.74, 6) is 0.914. The van der Waals surface area contributed by atoms with Crippen LogP contribution in [0.3, 0.4) is 0 Å². The van der Waals surface area contributed by atoms with E-state index in [-0.39, 0.29) is 5.91 Å². The van der Waals surface area contributed by atoms with Gasteiger partial charge in [0.05, 0.1) is 22.3 Å². The Morgan fingerprint density at radius 2 is 1.68 bits per heavy atom. The number of amides is 1. The van der Waals surface area contributed by atoms with Crippen LogP contribution in [0.1, 0.15) is 24.2 Å². The molecular formula is C17H17Cl2NO2. The van der Waals surface area contributed by atoms with Gasteiger partial charge in [0.2, 0.25) is 0 Å². The van der Waals surface area contributed by atoms with Gasteiger partial charge in [0, 0.05) is 5.56 Å². The van der Waals surface area contributed by atoms with E-state index < -0.39 is 0 Å². The van der Waals surface area contributed by atoms with Crippen molar-refractivity contribution < 1.29 is 9.53 Å². The molecule has 22 heavy (non-hydrogen) atoms. The number of anilines is 1. The summed E-state index contributed by atoms with van der Waals surface area (Å²) < 4.78 is 5.58.